The lowest BCUT2D eigenvalue weighted by molar-refractivity contribution is -0.134. The molecule has 1 heterocycles. The summed E-state index contributed by atoms with van der Waals surface area (Å²) in [6.07, 6.45) is 0.880. The molecule has 0 fully saturated rings. The maximum Gasteiger partial charge on any atom is 0.322 e. The third-order valence-electron chi connectivity index (χ3n) is 1.30. The predicted octanol–water partition coefficient (Wildman–Crippen LogP) is 1.20. The molecule has 12 heavy (non-hydrogen) atoms. The van der Waals surface area contributed by atoms with Crippen LogP contribution in [0.15, 0.2) is 5.38 Å². The fourth-order valence-electron chi connectivity index (χ4n) is 0.702. The molecule has 4 nitrogen and oxygen atoms in total. The number of nitrogens with zero attached hydrogens (tertiary/aromatic N) is 1. The van der Waals surface area contributed by atoms with Crippen molar-refractivity contribution in [1.29, 1.82) is 0 Å². The molecule has 0 saturated carbocycles. The molecule has 0 atom stereocenters. The molecule has 0 unspecified atom stereocenters. The number of rotatable bonds is 4. The quantitative estimate of drug-likeness (QED) is 0.741. The molecule has 0 radical (unpaired) electrons. The molecule has 0 spiro atoms. The van der Waals surface area contributed by atoms with Gasteiger partial charge in [0, 0.05) is 5.38 Å². The van der Waals surface area contributed by atoms with E-state index in [-0.39, 0.29) is 6.54 Å². The highest BCUT2D eigenvalue weighted by Crippen LogP contribution is 2.14. The number of aryl methyl sites for hydroxylation is 1. The molecule has 0 aliphatic carbocycles. The van der Waals surface area contributed by atoms with Gasteiger partial charge < -0.3 is 10.4 Å². The van der Waals surface area contributed by atoms with E-state index in [0.717, 1.165) is 12.1 Å². The van der Waals surface area contributed by atoms with Crippen molar-refractivity contribution >= 4 is 22.4 Å². The summed E-state index contributed by atoms with van der Waals surface area (Å²) in [6, 6.07) is 0. The zero-order valence-electron chi connectivity index (χ0n) is 6.70. The molecular formula is C7H10N2O2S. The van der Waals surface area contributed by atoms with Crippen molar-refractivity contribution in [3.8, 4) is 0 Å². The summed E-state index contributed by atoms with van der Waals surface area (Å²) < 4.78 is 0. The van der Waals surface area contributed by atoms with Crippen molar-refractivity contribution in [1.82, 2.24) is 4.98 Å². The highest BCUT2D eigenvalue weighted by molar-refractivity contribution is 7.13. The van der Waals surface area contributed by atoms with Crippen molar-refractivity contribution in [3.63, 3.8) is 0 Å². The van der Waals surface area contributed by atoms with Gasteiger partial charge in [-0.05, 0) is 6.42 Å². The fraction of sp³-hybridized carbons (Fsp3) is 0.429. The molecule has 0 aliphatic heterocycles. The second-order valence-corrected chi connectivity index (χ2v) is 3.10. The monoisotopic (exact) mass is 186 g/mol. The standard InChI is InChI=1S/C7H10N2O2S/c1-2-5-4-12-7(9-5)8-3-6(10)11/h4H,2-3H2,1H3,(H,8,9)(H,10,11). The van der Waals surface area contributed by atoms with Crippen LogP contribution in [0, 0.1) is 0 Å². The van der Waals surface area contributed by atoms with E-state index in [4.69, 9.17) is 5.11 Å². The first-order valence-corrected chi connectivity index (χ1v) is 4.50. The Morgan fingerprint density at radius 2 is 2.58 bits per heavy atom. The van der Waals surface area contributed by atoms with Crippen LogP contribution in [0.4, 0.5) is 5.13 Å². The topological polar surface area (TPSA) is 62.2 Å². The van der Waals surface area contributed by atoms with E-state index in [9.17, 15) is 4.79 Å². The van der Waals surface area contributed by atoms with E-state index in [1.165, 1.54) is 11.3 Å². The first kappa shape index (κ1) is 8.99. The van der Waals surface area contributed by atoms with Crippen LogP contribution < -0.4 is 5.32 Å². The van der Waals surface area contributed by atoms with Crippen molar-refractivity contribution in [2.45, 2.75) is 13.3 Å². The van der Waals surface area contributed by atoms with E-state index < -0.39 is 5.97 Å². The normalized spacial score (nSPS) is 9.75. The van der Waals surface area contributed by atoms with Crippen LogP contribution >= 0.6 is 11.3 Å². The summed E-state index contributed by atoms with van der Waals surface area (Å²) in [7, 11) is 0. The molecule has 0 amide bonds. The number of anilines is 1. The minimum absolute atomic E-state index is 0.0728. The first-order valence-electron chi connectivity index (χ1n) is 3.62. The second-order valence-electron chi connectivity index (χ2n) is 2.24. The van der Waals surface area contributed by atoms with E-state index in [1.807, 2.05) is 12.3 Å². The zero-order valence-corrected chi connectivity index (χ0v) is 7.52. The lowest BCUT2D eigenvalue weighted by Gasteiger charge is -1.95. The van der Waals surface area contributed by atoms with Crippen LogP contribution in [-0.4, -0.2) is 22.6 Å². The van der Waals surface area contributed by atoms with Crippen LogP contribution in [0.5, 0.6) is 0 Å². The van der Waals surface area contributed by atoms with E-state index in [2.05, 4.69) is 10.3 Å². The SMILES string of the molecule is CCc1csc(NCC(=O)O)n1. The van der Waals surface area contributed by atoms with Crippen molar-refractivity contribution in [2.24, 2.45) is 0 Å². The Balaban J connectivity index is 2.47. The van der Waals surface area contributed by atoms with Crippen LogP contribution in [0.25, 0.3) is 0 Å². The third kappa shape index (κ3) is 2.50. The summed E-state index contributed by atoms with van der Waals surface area (Å²) in [6.45, 7) is 1.94. The molecule has 0 aromatic carbocycles. The lowest BCUT2D eigenvalue weighted by Crippen LogP contribution is -2.11. The van der Waals surface area contributed by atoms with Gasteiger partial charge in [-0.25, -0.2) is 4.98 Å². The Hall–Kier alpha value is -1.10. The minimum atomic E-state index is -0.872. The van der Waals surface area contributed by atoms with E-state index in [0.29, 0.717) is 5.13 Å². The van der Waals surface area contributed by atoms with Gasteiger partial charge in [-0.2, -0.15) is 0 Å². The average molecular weight is 186 g/mol. The average Bonchev–Trinajstić information content (AvgIpc) is 2.48. The highest BCUT2D eigenvalue weighted by atomic mass is 32.1. The highest BCUT2D eigenvalue weighted by Gasteiger charge is 2.01. The number of carboxylic acids is 1. The number of carboxylic acid groups (broad SMARTS) is 1. The van der Waals surface area contributed by atoms with Crippen LogP contribution in [-0.2, 0) is 11.2 Å². The van der Waals surface area contributed by atoms with Crippen LogP contribution in [0.2, 0.25) is 0 Å². The Morgan fingerprint density at radius 1 is 1.83 bits per heavy atom. The number of hydrogen-bond acceptors (Lipinski definition) is 4. The van der Waals surface area contributed by atoms with Gasteiger partial charge in [-0.15, -0.1) is 11.3 Å². The van der Waals surface area contributed by atoms with Gasteiger partial charge in [0.05, 0.1) is 5.69 Å². The molecule has 1 aromatic heterocycles. The largest absolute Gasteiger partial charge is 0.480 e. The summed E-state index contributed by atoms with van der Waals surface area (Å²) >= 11 is 1.43. The second kappa shape index (κ2) is 4.06. The van der Waals surface area contributed by atoms with Crippen LogP contribution in [0.3, 0.4) is 0 Å². The van der Waals surface area contributed by atoms with Crippen LogP contribution in [0.1, 0.15) is 12.6 Å². The third-order valence-corrected chi connectivity index (χ3v) is 2.15. The van der Waals surface area contributed by atoms with Crippen molar-refractivity contribution in [2.75, 3.05) is 11.9 Å². The molecule has 66 valence electrons. The van der Waals surface area contributed by atoms with Gasteiger partial charge >= 0.3 is 5.97 Å². The maximum atomic E-state index is 10.2. The molecule has 0 bridgehead atoms. The Labute approximate surface area is 74.3 Å². The molecule has 1 rings (SSSR count). The Morgan fingerprint density at radius 3 is 3.08 bits per heavy atom. The summed E-state index contributed by atoms with van der Waals surface area (Å²) in [5.41, 5.74) is 0.993. The zero-order chi connectivity index (χ0) is 8.97. The Kier molecular flexibility index (Phi) is 3.04. The summed E-state index contributed by atoms with van der Waals surface area (Å²) in [5, 5.41) is 13.7. The number of aliphatic carboxylic acids is 1. The summed E-state index contributed by atoms with van der Waals surface area (Å²) in [4.78, 5) is 14.3. The van der Waals surface area contributed by atoms with Gasteiger partial charge in [0.25, 0.3) is 0 Å². The smallest absolute Gasteiger partial charge is 0.322 e. The molecule has 5 heteroatoms. The number of aromatic nitrogens is 1. The van der Waals surface area contributed by atoms with E-state index in [1.54, 1.807) is 0 Å². The van der Waals surface area contributed by atoms with Gasteiger partial charge in [0.15, 0.2) is 5.13 Å². The Bertz CT molecular complexity index is 272. The molecule has 1 aromatic rings. The molecule has 2 N–H and O–H groups in total. The lowest BCUT2D eigenvalue weighted by atomic mass is 10.4. The van der Waals surface area contributed by atoms with E-state index >= 15 is 0 Å². The minimum Gasteiger partial charge on any atom is -0.480 e. The fourth-order valence-corrected chi connectivity index (χ4v) is 1.49. The van der Waals surface area contributed by atoms with Gasteiger partial charge in [-0.1, -0.05) is 6.92 Å². The molecule has 0 aliphatic rings. The van der Waals surface area contributed by atoms with Crippen molar-refractivity contribution < 1.29 is 9.90 Å². The number of hydrogen-bond donors (Lipinski definition) is 2. The predicted molar refractivity (Wildman–Crippen MR) is 47.6 cm³/mol. The van der Waals surface area contributed by atoms with Gasteiger partial charge in [0.1, 0.15) is 6.54 Å². The maximum absolute atomic E-state index is 10.2. The molecule has 0 saturated heterocycles. The van der Waals surface area contributed by atoms with Gasteiger partial charge in [-0.3, -0.25) is 4.79 Å². The van der Waals surface area contributed by atoms with Crippen molar-refractivity contribution in [3.05, 3.63) is 11.1 Å². The molecular weight excluding hydrogens is 176 g/mol. The first-order chi connectivity index (χ1) is 5.72. The number of nitrogens with one attached hydrogen (secondary N) is 1. The summed E-state index contributed by atoms with van der Waals surface area (Å²) in [5.74, 6) is -0.872. The number of thiazole rings is 1. The van der Waals surface area contributed by atoms with Gasteiger partial charge in [0.2, 0.25) is 0 Å². The number of carbonyl (C=O) groups is 1.